The number of nitrogens with zero attached hydrogens (tertiary/aromatic N) is 1. The number of unbranched alkanes of at least 4 members (excludes halogenated alkanes) is 1. The van der Waals surface area contributed by atoms with E-state index in [0.29, 0.717) is 12.8 Å². The number of aromatic amines is 1. The van der Waals surface area contributed by atoms with Crippen molar-refractivity contribution < 1.29 is 37.7 Å². The number of aromatic nitrogens is 2. The molecule has 1 aromatic carbocycles. The van der Waals surface area contributed by atoms with Gasteiger partial charge in [-0.25, -0.2) is 9.36 Å². The third kappa shape index (κ3) is 5.87. The van der Waals surface area contributed by atoms with Crippen LogP contribution in [0.1, 0.15) is 39.3 Å². The van der Waals surface area contributed by atoms with E-state index in [1.807, 2.05) is 6.92 Å². The highest BCUT2D eigenvalue weighted by Crippen LogP contribution is 2.54. The number of aliphatic hydroxyl groups is 1. The van der Waals surface area contributed by atoms with Crippen LogP contribution in [0.3, 0.4) is 0 Å². The molecule has 0 saturated carbocycles. The molecule has 0 bridgehead atoms. The quantitative estimate of drug-likeness (QED) is 0.215. The van der Waals surface area contributed by atoms with Crippen LogP contribution in [0.15, 0.2) is 52.2 Å². The van der Waals surface area contributed by atoms with E-state index in [9.17, 15) is 24.1 Å². The fraction of sp³-hybridized carbons (Fsp3) is 0.522. The molecule has 1 aromatic heterocycles. The van der Waals surface area contributed by atoms with Crippen molar-refractivity contribution in [2.45, 2.75) is 63.4 Å². The van der Waals surface area contributed by atoms with E-state index < -0.39 is 55.2 Å². The predicted octanol–water partition coefficient (Wildman–Crippen LogP) is 1.44. The van der Waals surface area contributed by atoms with Crippen molar-refractivity contribution in [1.82, 2.24) is 14.6 Å². The maximum absolute atomic E-state index is 13.9. The first-order valence-corrected chi connectivity index (χ1v) is 13.5. The Morgan fingerprint density at radius 2 is 2.05 bits per heavy atom. The van der Waals surface area contributed by atoms with Gasteiger partial charge in [0.25, 0.3) is 5.56 Å². The van der Waals surface area contributed by atoms with Crippen LogP contribution in [-0.2, 0) is 28.1 Å². The van der Waals surface area contributed by atoms with Crippen LogP contribution < -0.4 is 20.9 Å². The summed E-state index contributed by atoms with van der Waals surface area (Å²) in [6.07, 6.45) is -1.29. The second kappa shape index (κ2) is 11.3. The first-order valence-electron chi connectivity index (χ1n) is 11.9. The zero-order valence-corrected chi connectivity index (χ0v) is 21.3. The van der Waals surface area contributed by atoms with Gasteiger partial charge in [-0.05, 0) is 25.5 Å². The summed E-state index contributed by atoms with van der Waals surface area (Å²) < 4.78 is 42.9. The summed E-state index contributed by atoms with van der Waals surface area (Å²) in [6, 6.07) is 8.12. The van der Waals surface area contributed by atoms with Crippen molar-refractivity contribution in [1.29, 1.82) is 0 Å². The van der Waals surface area contributed by atoms with Gasteiger partial charge in [0.15, 0.2) is 6.23 Å². The van der Waals surface area contributed by atoms with Crippen LogP contribution in [0.2, 0.25) is 0 Å². The Morgan fingerprint density at radius 3 is 2.68 bits per heavy atom. The SMILES string of the molecule is CCCCOC(=O)[C@H](C)NP(=O)(Oc1ccccc1)OC1O[C@@H](n2ccc(=O)[nH]c2=O)[C@@]2(CCO2)[C@@H]1O. The minimum atomic E-state index is -4.39. The van der Waals surface area contributed by atoms with Gasteiger partial charge in [0, 0.05) is 18.7 Å². The monoisotopic (exact) mass is 539 g/mol. The second-order valence-corrected chi connectivity index (χ2v) is 10.4. The van der Waals surface area contributed by atoms with E-state index in [1.165, 1.54) is 25.3 Å². The van der Waals surface area contributed by atoms with Crippen LogP contribution >= 0.6 is 7.75 Å². The molecule has 2 aliphatic rings. The van der Waals surface area contributed by atoms with Gasteiger partial charge in [-0.1, -0.05) is 31.5 Å². The molecular weight excluding hydrogens is 509 g/mol. The molecule has 202 valence electrons. The number of benzene rings is 1. The van der Waals surface area contributed by atoms with Gasteiger partial charge in [0.2, 0.25) is 6.29 Å². The molecule has 0 radical (unpaired) electrons. The molecule has 1 spiro atoms. The molecule has 37 heavy (non-hydrogen) atoms. The molecule has 0 aliphatic carbocycles. The summed E-state index contributed by atoms with van der Waals surface area (Å²) in [5, 5.41) is 13.6. The molecule has 2 saturated heterocycles. The summed E-state index contributed by atoms with van der Waals surface area (Å²) >= 11 is 0. The Bertz CT molecular complexity index is 1250. The molecule has 2 unspecified atom stereocenters. The Balaban J connectivity index is 1.58. The first kappa shape index (κ1) is 27.2. The second-order valence-electron chi connectivity index (χ2n) is 8.75. The largest absolute Gasteiger partial charge is 0.465 e. The van der Waals surface area contributed by atoms with E-state index in [4.69, 9.17) is 23.3 Å². The number of para-hydroxylation sites is 1. The number of esters is 1. The number of aliphatic hydroxyl groups excluding tert-OH is 1. The summed E-state index contributed by atoms with van der Waals surface area (Å²) in [5.74, 6) is -0.501. The number of hydrogen-bond acceptors (Lipinski definition) is 10. The minimum Gasteiger partial charge on any atom is -0.465 e. The molecule has 2 aromatic rings. The van der Waals surface area contributed by atoms with Gasteiger partial charge >= 0.3 is 19.4 Å². The number of rotatable bonds is 11. The minimum absolute atomic E-state index is 0.167. The average Bonchev–Trinajstić information content (AvgIpc) is 3.11. The lowest BCUT2D eigenvalue weighted by molar-refractivity contribution is -0.227. The van der Waals surface area contributed by atoms with E-state index in [2.05, 4.69) is 10.1 Å². The average molecular weight is 539 g/mol. The van der Waals surface area contributed by atoms with E-state index in [1.54, 1.807) is 18.2 Å². The molecular formula is C23H30N3O10P. The van der Waals surface area contributed by atoms with Crippen LogP contribution in [-0.4, -0.2) is 57.9 Å². The highest BCUT2D eigenvalue weighted by molar-refractivity contribution is 7.52. The Morgan fingerprint density at radius 1 is 1.32 bits per heavy atom. The van der Waals surface area contributed by atoms with E-state index in [0.717, 1.165) is 17.1 Å². The van der Waals surface area contributed by atoms with Gasteiger partial charge in [-0.3, -0.25) is 23.7 Å². The lowest BCUT2D eigenvalue weighted by Crippen LogP contribution is -2.57. The van der Waals surface area contributed by atoms with Gasteiger partial charge in [0.1, 0.15) is 23.5 Å². The summed E-state index contributed by atoms with van der Waals surface area (Å²) in [4.78, 5) is 38.5. The fourth-order valence-electron chi connectivity index (χ4n) is 4.02. The standard InChI is InChI=1S/C23H30N3O10P/c1-3-4-13-32-19(29)15(2)25-37(31,35-16-8-6-5-7-9-16)36-20-18(28)23(11-14-33-23)21(34-20)26-12-10-17(27)24-22(26)30/h5-10,12,15,18,20-21,28H,3-4,11,13-14H2,1-2H3,(H,25,31)(H,24,27,30)/t15-,18+,20?,21+,23+,37?/m0/s1. The van der Waals surface area contributed by atoms with Crippen molar-refractivity contribution in [2.24, 2.45) is 0 Å². The zero-order valence-electron chi connectivity index (χ0n) is 20.4. The van der Waals surface area contributed by atoms with Crippen LogP contribution in [0.5, 0.6) is 5.75 Å². The zero-order chi connectivity index (χ0) is 26.6. The summed E-state index contributed by atoms with van der Waals surface area (Å²) in [6.45, 7) is 3.86. The highest BCUT2D eigenvalue weighted by Gasteiger charge is 2.64. The highest BCUT2D eigenvalue weighted by atomic mass is 31.2. The molecule has 3 N–H and O–H groups in total. The molecule has 6 atom stereocenters. The fourth-order valence-corrected chi connectivity index (χ4v) is 5.60. The Labute approximate surface area is 212 Å². The molecule has 13 nitrogen and oxygen atoms in total. The number of ether oxygens (including phenoxy) is 3. The van der Waals surface area contributed by atoms with Gasteiger partial charge in [-0.15, -0.1) is 0 Å². The lowest BCUT2D eigenvalue weighted by Gasteiger charge is -2.43. The molecule has 2 aliphatic heterocycles. The van der Waals surface area contributed by atoms with Crippen molar-refractivity contribution >= 4 is 13.7 Å². The molecule has 3 heterocycles. The molecule has 4 rings (SSSR count). The van der Waals surface area contributed by atoms with Crippen LogP contribution in [0, 0.1) is 0 Å². The number of hydrogen-bond donors (Lipinski definition) is 3. The van der Waals surface area contributed by atoms with Gasteiger partial charge < -0.3 is 23.8 Å². The molecule has 2 fully saturated rings. The Kier molecular flexibility index (Phi) is 8.32. The van der Waals surface area contributed by atoms with Gasteiger partial charge in [0.05, 0.1) is 13.2 Å². The summed E-state index contributed by atoms with van der Waals surface area (Å²) in [5.41, 5.74) is -2.79. The third-order valence-electron chi connectivity index (χ3n) is 6.07. The van der Waals surface area contributed by atoms with Gasteiger partial charge in [-0.2, -0.15) is 5.09 Å². The smallest absolute Gasteiger partial charge is 0.461 e. The van der Waals surface area contributed by atoms with Crippen molar-refractivity contribution in [3.8, 4) is 5.75 Å². The lowest BCUT2D eigenvalue weighted by atomic mass is 9.88. The molecule has 0 amide bonds. The summed E-state index contributed by atoms with van der Waals surface area (Å²) in [7, 11) is -4.39. The number of H-pyrrole nitrogens is 1. The van der Waals surface area contributed by atoms with Crippen LogP contribution in [0.4, 0.5) is 0 Å². The van der Waals surface area contributed by atoms with E-state index in [-0.39, 0.29) is 19.0 Å². The van der Waals surface area contributed by atoms with Crippen molar-refractivity contribution in [2.75, 3.05) is 13.2 Å². The van der Waals surface area contributed by atoms with Crippen molar-refractivity contribution in [3.63, 3.8) is 0 Å². The van der Waals surface area contributed by atoms with E-state index >= 15 is 0 Å². The Hall–Kier alpha value is -2.80. The molecule has 14 heteroatoms. The number of carbonyl (C=O) groups excluding carboxylic acids is 1. The normalized spacial score (nSPS) is 27.3. The number of nitrogens with one attached hydrogen (secondary N) is 2. The number of carbonyl (C=O) groups is 1. The first-order chi connectivity index (χ1) is 17.7. The maximum Gasteiger partial charge on any atom is 0.461 e. The topological polar surface area (TPSA) is 167 Å². The van der Waals surface area contributed by atoms with Crippen LogP contribution in [0.25, 0.3) is 0 Å². The predicted molar refractivity (Wildman–Crippen MR) is 129 cm³/mol. The maximum atomic E-state index is 13.9. The van der Waals surface area contributed by atoms with Crippen molar-refractivity contribution in [3.05, 3.63) is 63.4 Å². The third-order valence-corrected chi connectivity index (χ3v) is 7.71.